The molecular formula is C20H23N3O3. The van der Waals surface area contributed by atoms with Gasteiger partial charge >= 0.3 is 0 Å². The molecule has 1 amide bonds. The van der Waals surface area contributed by atoms with Crippen LogP contribution in [0.1, 0.15) is 17.5 Å². The quantitative estimate of drug-likeness (QED) is 0.724. The van der Waals surface area contributed by atoms with E-state index in [0.717, 1.165) is 11.3 Å². The first-order valence-electron chi connectivity index (χ1n) is 8.38. The van der Waals surface area contributed by atoms with Gasteiger partial charge in [-0.2, -0.15) is 5.26 Å². The van der Waals surface area contributed by atoms with Gasteiger partial charge in [0.05, 0.1) is 25.5 Å². The number of hydrogen-bond donors (Lipinski definition) is 2. The van der Waals surface area contributed by atoms with Crippen LogP contribution in [-0.4, -0.2) is 33.2 Å². The van der Waals surface area contributed by atoms with Gasteiger partial charge in [0.1, 0.15) is 6.07 Å². The van der Waals surface area contributed by atoms with E-state index in [4.69, 9.17) is 14.7 Å². The zero-order valence-electron chi connectivity index (χ0n) is 15.0. The minimum atomic E-state index is -0.0348. The summed E-state index contributed by atoms with van der Waals surface area (Å²) in [5.41, 5.74) is 2.37. The van der Waals surface area contributed by atoms with Crippen LogP contribution in [0.25, 0.3) is 0 Å². The molecule has 0 atom stereocenters. The van der Waals surface area contributed by atoms with E-state index in [-0.39, 0.29) is 5.91 Å². The average molecular weight is 353 g/mol. The van der Waals surface area contributed by atoms with Crippen LogP contribution in [0.15, 0.2) is 42.5 Å². The third kappa shape index (κ3) is 5.42. The molecule has 0 aromatic heterocycles. The maximum Gasteiger partial charge on any atom is 0.221 e. The minimum absolute atomic E-state index is 0.0348. The lowest BCUT2D eigenvalue weighted by atomic mass is 10.1. The highest BCUT2D eigenvalue weighted by Gasteiger charge is 2.06. The third-order valence-electron chi connectivity index (χ3n) is 3.90. The SMILES string of the molecule is COc1ccc(CCNC(=O)CCNc2ccccc2C#N)cc1OC. The van der Waals surface area contributed by atoms with E-state index in [1.54, 1.807) is 20.3 Å². The molecule has 0 spiro atoms. The molecule has 26 heavy (non-hydrogen) atoms. The largest absolute Gasteiger partial charge is 0.493 e. The number of carbonyl (C=O) groups excluding carboxylic acids is 1. The van der Waals surface area contributed by atoms with Crippen LogP contribution < -0.4 is 20.1 Å². The zero-order valence-corrected chi connectivity index (χ0v) is 15.0. The number of amides is 1. The van der Waals surface area contributed by atoms with E-state index in [9.17, 15) is 4.79 Å². The molecule has 6 heteroatoms. The van der Waals surface area contributed by atoms with Crippen LogP contribution >= 0.6 is 0 Å². The molecule has 2 N–H and O–H groups in total. The second-order valence-corrected chi connectivity index (χ2v) is 5.62. The van der Waals surface area contributed by atoms with Gasteiger partial charge in [-0.3, -0.25) is 4.79 Å². The molecule has 2 rings (SSSR count). The van der Waals surface area contributed by atoms with Crippen molar-refractivity contribution in [2.24, 2.45) is 0 Å². The van der Waals surface area contributed by atoms with Crippen molar-refractivity contribution >= 4 is 11.6 Å². The Hall–Kier alpha value is -3.20. The molecule has 0 radical (unpaired) electrons. The second-order valence-electron chi connectivity index (χ2n) is 5.62. The molecule has 0 unspecified atom stereocenters. The summed E-state index contributed by atoms with van der Waals surface area (Å²) in [5.74, 6) is 1.33. The Morgan fingerprint density at radius 3 is 2.58 bits per heavy atom. The number of methoxy groups -OCH3 is 2. The molecule has 0 heterocycles. The van der Waals surface area contributed by atoms with Gasteiger partial charge in [0.25, 0.3) is 0 Å². The summed E-state index contributed by atoms with van der Waals surface area (Å²) in [7, 11) is 3.20. The summed E-state index contributed by atoms with van der Waals surface area (Å²) in [4.78, 5) is 11.9. The van der Waals surface area contributed by atoms with Crippen molar-refractivity contribution in [3.8, 4) is 17.6 Å². The van der Waals surface area contributed by atoms with Crippen molar-refractivity contribution in [2.75, 3.05) is 32.6 Å². The van der Waals surface area contributed by atoms with E-state index in [0.29, 0.717) is 43.0 Å². The number of anilines is 1. The molecule has 2 aromatic rings. The van der Waals surface area contributed by atoms with E-state index in [1.807, 2.05) is 36.4 Å². The first-order valence-corrected chi connectivity index (χ1v) is 8.38. The third-order valence-corrected chi connectivity index (χ3v) is 3.90. The molecule has 0 aliphatic rings. The zero-order chi connectivity index (χ0) is 18.8. The predicted octanol–water partition coefficient (Wildman–Crippen LogP) is 2.74. The summed E-state index contributed by atoms with van der Waals surface area (Å²) < 4.78 is 10.5. The highest BCUT2D eigenvalue weighted by Crippen LogP contribution is 2.27. The highest BCUT2D eigenvalue weighted by molar-refractivity contribution is 5.76. The summed E-state index contributed by atoms with van der Waals surface area (Å²) in [5, 5.41) is 15.0. The molecule has 0 fully saturated rings. The van der Waals surface area contributed by atoms with Crippen molar-refractivity contribution in [2.45, 2.75) is 12.8 Å². The molecule has 2 aromatic carbocycles. The number of rotatable bonds is 9. The number of carbonyl (C=O) groups is 1. The minimum Gasteiger partial charge on any atom is -0.493 e. The van der Waals surface area contributed by atoms with E-state index in [2.05, 4.69) is 16.7 Å². The van der Waals surface area contributed by atoms with Gasteiger partial charge in [-0.25, -0.2) is 0 Å². The normalized spacial score (nSPS) is 9.88. The molecule has 0 aliphatic heterocycles. The Bertz CT molecular complexity index is 784. The summed E-state index contributed by atoms with van der Waals surface area (Å²) in [6.07, 6.45) is 1.04. The van der Waals surface area contributed by atoms with Crippen LogP contribution in [0.5, 0.6) is 11.5 Å². The fourth-order valence-electron chi connectivity index (χ4n) is 2.52. The standard InChI is InChI=1S/C20H23N3O3/c1-25-18-8-7-15(13-19(18)26-2)9-11-23-20(24)10-12-22-17-6-4-3-5-16(17)14-21/h3-8,13,22H,9-12H2,1-2H3,(H,23,24). The van der Waals surface area contributed by atoms with Crippen molar-refractivity contribution in [1.82, 2.24) is 5.32 Å². The van der Waals surface area contributed by atoms with Gasteiger partial charge < -0.3 is 20.1 Å². The van der Waals surface area contributed by atoms with Crippen molar-refractivity contribution in [1.29, 1.82) is 5.26 Å². The Balaban J connectivity index is 1.73. The lowest BCUT2D eigenvalue weighted by Crippen LogP contribution is -2.27. The first-order chi connectivity index (χ1) is 12.7. The summed E-state index contributed by atoms with van der Waals surface area (Å²) >= 11 is 0. The van der Waals surface area contributed by atoms with Crippen LogP contribution in [0.4, 0.5) is 5.69 Å². The van der Waals surface area contributed by atoms with Gasteiger partial charge in [0.15, 0.2) is 11.5 Å². The molecule has 0 saturated heterocycles. The molecule has 6 nitrogen and oxygen atoms in total. The van der Waals surface area contributed by atoms with Gasteiger partial charge in [-0.05, 0) is 36.2 Å². The van der Waals surface area contributed by atoms with Gasteiger partial charge in [-0.1, -0.05) is 18.2 Å². The predicted molar refractivity (Wildman–Crippen MR) is 101 cm³/mol. The number of nitriles is 1. The van der Waals surface area contributed by atoms with Crippen LogP contribution in [-0.2, 0) is 11.2 Å². The molecule has 0 aliphatic carbocycles. The second kappa shape index (κ2) is 9.94. The van der Waals surface area contributed by atoms with E-state index >= 15 is 0 Å². The Morgan fingerprint density at radius 2 is 1.85 bits per heavy atom. The number of nitrogens with one attached hydrogen (secondary N) is 2. The van der Waals surface area contributed by atoms with Gasteiger partial charge in [0, 0.05) is 19.5 Å². The lowest BCUT2D eigenvalue weighted by molar-refractivity contribution is -0.120. The number of benzene rings is 2. The Labute approximate surface area is 153 Å². The highest BCUT2D eigenvalue weighted by atomic mass is 16.5. The first kappa shape index (κ1) is 19.1. The van der Waals surface area contributed by atoms with Crippen molar-refractivity contribution < 1.29 is 14.3 Å². The van der Waals surface area contributed by atoms with Crippen molar-refractivity contribution in [3.05, 3.63) is 53.6 Å². The number of para-hydroxylation sites is 1. The molecule has 0 saturated carbocycles. The maximum absolute atomic E-state index is 11.9. The average Bonchev–Trinajstić information content (AvgIpc) is 2.68. The molecule has 0 bridgehead atoms. The monoisotopic (exact) mass is 353 g/mol. The number of nitrogens with zero attached hydrogens (tertiary/aromatic N) is 1. The van der Waals surface area contributed by atoms with Crippen LogP contribution in [0.3, 0.4) is 0 Å². The smallest absolute Gasteiger partial charge is 0.221 e. The van der Waals surface area contributed by atoms with Gasteiger partial charge in [0.2, 0.25) is 5.91 Å². The maximum atomic E-state index is 11.9. The fourth-order valence-corrected chi connectivity index (χ4v) is 2.52. The Morgan fingerprint density at radius 1 is 1.08 bits per heavy atom. The molecular weight excluding hydrogens is 330 g/mol. The van der Waals surface area contributed by atoms with Crippen LogP contribution in [0.2, 0.25) is 0 Å². The van der Waals surface area contributed by atoms with E-state index < -0.39 is 0 Å². The topological polar surface area (TPSA) is 83.4 Å². The van der Waals surface area contributed by atoms with Gasteiger partial charge in [-0.15, -0.1) is 0 Å². The number of hydrogen-bond acceptors (Lipinski definition) is 5. The van der Waals surface area contributed by atoms with Crippen LogP contribution in [0, 0.1) is 11.3 Å². The fraction of sp³-hybridized carbons (Fsp3) is 0.300. The van der Waals surface area contributed by atoms with E-state index in [1.165, 1.54) is 0 Å². The number of ether oxygens (including phenoxy) is 2. The van der Waals surface area contributed by atoms with Crippen molar-refractivity contribution in [3.63, 3.8) is 0 Å². The summed E-state index contributed by atoms with van der Waals surface area (Å²) in [6, 6.07) is 15.1. The molecule has 136 valence electrons. The Kier molecular flexibility index (Phi) is 7.31. The summed E-state index contributed by atoms with van der Waals surface area (Å²) in [6.45, 7) is 1.02. The lowest BCUT2D eigenvalue weighted by Gasteiger charge is -2.10.